The molecule has 0 saturated carbocycles. The van der Waals surface area contributed by atoms with Crippen molar-refractivity contribution < 1.29 is 23.0 Å². The Kier molecular flexibility index (Phi) is 9.38. The van der Waals surface area contributed by atoms with E-state index in [0.717, 1.165) is 79.2 Å². The zero-order valence-electron chi connectivity index (χ0n) is 23.5. The standard InChI is InChI=1S/C32H36F2N4O3/c1-38(9-12-40-2)20-23-3-5-28(25(15-23)14-21-7-10-41-11-8-21)32(39)35-31-29-18-22(4-6-30(29)36-37-31)13-24-16-26(33)19-27(34)17-24/h3-6,15-19,21H,7-14,20H2,1-2H3,(H2,35,36,37,39). The Hall–Kier alpha value is -3.66. The first-order valence-electron chi connectivity index (χ1n) is 14.0. The summed E-state index contributed by atoms with van der Waals surface area (Å²) in [6, 6.07) is 15.2. The number of likely N-dealkylation sites (N-methyl/N-ethyl adjacent to an activating group) is 1. The molecule has 0 bridgehead atoms. The first-order valence-corrected chi connectivity index (χ1v) is 14.0. The SMILES string of the molecule is COCCN(C)Cc1ccc(C(=O)Nc2n[nH]c3ccc(Cc4cc(F)cc(F)c4)cc23)c(CC2CCOCC2)c1. The summed E-state index contributed by atoms with van der Waals surface area (Å²) >= 11 is 0. The van der Waals surface area contributed by atoms with E-state index in [4.69, 9.17) is 9.47 Å². The van der Waals surface area contributed by atoms with E-state index in [0.29, 0.717) is 35.9 Å². The van der Waals surface area contributed by atoms with Gasteiger partial charge in [-0.3, -0.25) is 14.8 Å². The van der Waals surface area contributed by atoms with Crippen LogP contribution < -0.4 is 5.32 Å². The topological polar surface area (TPSA) is 79.5 Å². The lowest BCUT2D eigenvalue weighted by Gasteiger charge is -2.24. The van der Waals surface area contributed by atoms with Gasteiger partial charge in [0.2, 0.25) is 0 Å². The largest absolute Gasteiger partial charge is 0.383 e. The molecular weight excluding hydrogens is 526 g/mol. The third-order valence-electron chi connectivity index (χ3n) is 7.58. The van der Waals surface area contributed by atoms with E-state index in [1.54, 1.807) is 7.11 Å². The van der Waals surface area contributed by atoms with Crippen LogP contribution in [-0.2, 0) is 28.9 Å². The van der Waals surface area contributed by atoms with Crippen molar-refractivity contribution in [3.63, 3.8) is 0 Å². The molecule has 9 heteroatoms. The van der Waals surface area contributed by atoms with Crippen molar-refractivity contribution in [2.75, 3.05) is 45.8 Å². The van der Waals surface area contributed by atoms with Gasteiger partial charge in [-0.15, -0.1) is 0 Å². The van der Waals surface area contributed by atoms with Gasteiger partial charge in [-0.1, -0.05) is 18.2 Å². The van der Waals surface area contributed by atoms with E-state index in [1.165, 1.54) is 12.1 Å². The second kappa shape index (κ2) is 13.3. The van der Waals surface area contributed by atoms with Crippen LogP contribution in [0.3, 0.4) is 0 Å². The minimum absolute atomic E-state index is 0.225. The molecule has 7 nitrogen and oxygen atoms in total. The second-order valence-electron chi connectivity index (χ2n) is 10.8. The van der Waals surface area contributed by atoms with Crippen LogP contribution in [-0.4, -0.2) is 61.5 Å². The van der Waals surface area contributed by atoms with Gasteiger partial charge in [-0.2, -0.15) is 5.10 Å². The Labute approximate surface area is 238 Å². The van der Waals surface area contributed by atoms with Crippen LogP contribution in [0.1, 0.15) is 45.5 Å². The maximum atomic E-state index is 13.7. The molecule has 1 aliphatic rings. The fourth-order valence-electron chi connectivity index (χ4n) is 5.43. The number of hydrogen-bond donors (Lipinski definition) is 2. The van der Waals surface area contributed by atoms with E-state index in [2.05, 4.69) is 33.5 Å². The summed E-state index contributed by atoms with van der Waals surface area (Å²) in [6.45, 7) is 3.72. The number of ether oxygens (including phenoxy) is 2. The number of anilines is 1. The number of rotatable bonds is 11. The number of carbonyl (C=O) groups excluding carboxylic acids is 1. The Morgan fingerprint density at radius 3 is 2.56 bits per heavy atom. The molecule has 1 aromatic heterocycles. The molecule has 5 rings (SSSR count). The molecule has 1 amide bonds. The average molecular weight is 563 g/mol. The molecule has 3 aromatic carbocycles. The Bertz CT molecular complexity index is 1480. The molecule has 0 radical (unpaired) electrons. The fourth-order valence-corrected chi connectivity index (χ4v) is 5.43. The van der Waals surface area contributed by atoms with Crippen molar-refractivity contribution in [2.45, 2.75) is 32.2 Å². The monoisotopic (exact) mass is 562 g/mol. The number of carbonyl (C=O) groups is 1. The summed E-state index contributed by atoms with van der Waals surface area (Å²) in [5.74, 6) is -0.573. The second-order valence-corrected chi connectivity index (χ2v) is 10.8. The summed E-state index contributed by atoms with van der Waals surface area (Å²) in [4.78, 5) is 15.8. The number of amides is 1. The molecule has 2 heterocycles. The van der Waals surface area contributed by atoms with Gasteiger partial charge in [0.05, 0.1) is 12.1 Å². The molecule has 0 aliphatic carbocycles. The third-order valence-corrected chi connectivity index (χ3v) is 7.58. The van der Waals surface area contributed by atoms with Gasteiger partial charge in [-0.05, 0) is 91.2 Å². The highest BCUT2D eigenvalue weighted by atomic mass is 19.1. The van der Waals surface area contributed by atoms with E-state index >= 15 is 0 Å². The summed E-state index contributed by atoms with van der Waals surface area (Å²) in [7, 11) is 3.75. The maximum absolute atomic E-state index is 13.7. The molecule has 1 aliphatic heterocycles. The number of hydrogen-bond acceptors (Lipinski definition) is 5. The van der Waals surface area contributed by atoms with E-state index in [1.807, 2.05) is 30.3 Å². The van der Waals surface area contributed by atoms with Crippen LogP contribution in [0.2, 0.25) is 0 Å². The first-order chi connectivity index (χ1) is 19.9. The number of fused-ring (bicyclic) bond motifs is 1. The van der Waals surface area contributed by atoms with Gasteiger partial charge in [-0.25, -0.2) is 8.78 Å². The molecule has 0 spiro atoms. The molecular formula is C32H36F2N4O3. The summed E-state index contributed by atoms with van der Waals surface area (Å²) in [5.41, 5.74) is 4.92. The van der Waals surface area contributed by atoms with Crippen LogP contribution >= 0.6 is 0 Å². The van der Waals surface area contributed by atoms with Crippen LogP contribution in [0.25, 0.3) is 10.9 Å². The van der Waals surface area contributed by atoms with Crippen molar-refractivity contribution >= 4 is 22.6 Å². The highest BCUT2D eigenvalue weighted by Crippen LogP contribution is 2.27. The number of nitrogens with one attached hydrogen (secondary N) is 2. The highest BCUT2D eigenvalue weighted by molar-refractivity contribution is 6.08. The third kappa shape index (κ3) is 7.55. The van der Waals surface area contributed by atoms with Crippen LogP contribution in [0.4, 0.5) is 14.6 Å². The Morgan fingerprint density at radius 1 is 1.05 bits per heavy atom. The predicted octanol–water partition coefficient (Wildman–Crippen LogP) is 5.73. The lowest BCUT2D eigenvalue weighted by atomic mass is 9.89. The van der Waals surface area contributed by atoms with Gasteiger partial charge < -0.3 is 14.8 Å². The maximum Gasteiger partial charge on any atom is 0.257 e. The fraction of sp³-hybridized carbons (Fsp3) is 0.375. The number of halogens is 2. The molecule has 2 N–H and O–H groups in total. The molecule has 0 atom stereocenters. The minimum atomic E-state index is -0.610. The predicted molar refractivity (Wildman–Crippen MR) is 155 cm³/mol. The normalized spacial score (nSPS) is 14.2. The highest BCUT2D eigenvalue weighted by Gasteiger charge is 2.21. The molecule has 0 unspecified atom stereocenters. The Balaban J connectivity index is 1.37. The van der Waals surface area contributed by atoms with Gasteiger partial charge >= 0.3 is 0 Å². The van der Waals surface area contributed by atoms with E-state index < -0.39 is 11.6 Å². The number of aromatic amines is 1. The minimum Gasteiger partial charge on any atom is -0.383 e. The van der Waals surface area contributed by atoms with Crippen LogP contribution in [0.15, 0.2) is 54.6 Å². The van der Waals surface area contributed by atoms with E-state index in [9.17, 15) is 13.6 Å². The van der Waals surface area contributed by atoms with Gasteiger partial charge in [0.1, 0.15) is 11.6 Å². The van der Waals surface area contributed by atoms with Crippen LogP contribution in [0.5, 0.6) is 0 Å². The van der Waals surface area contributed by atoms with E-state index in [-0.39, 0.29) is 5.91 Å². The molecule has 41 heavy (non-hydrogen) atoms. The molecule has 1 saturated heterocycles. The molecule has 216 valence electrons. The number of nitrogens with zero attached hydrogens (tertiary/aromatic N) is 2. The number of methoxy groups -OCH3 is 1. The van der Waals surface area contributed by atoms with Gasteiger partial charge in [0.15, 0.2) is 5.82 Å². The zero-order chi connectivity index (χ0) is 28.8. The number of aromatic nitrogens is 2. The zero-order valence-corrected chi connectivity index (χ0v) is 23.5. The van der Waals surface area contributed by atoms with Gasteiger partial charge in [0.25, 0.3) is 5.91 Å². The van der Waals surface area contributed by atoms with Crippen molar-refractivity contribution in [3.05, 3.63) is 94.0 Å². The van der Waals surface area contributed by atoms with Crippen molar-refractivity contribution in [1.82, 2.24) is 15.1 Å². The van der Waals surface area contributed by atoms with Crippen LogP contribution in [0, 0.1) is 17.6 Å². The summed E-state index contributed by atoms with van der Waals surface area (Å²) in [5, 5.41) is 11.1. The molecule has 4 aromatic rings. The lowest BCUT2D eigenvalue weighted by Crippen LogP contribution is -2.23. The lowest BCUT2D eigenvalue weighted by molar-refractivity contribution is 0.0664. The van der Waals surface area contributed by atoms with Crippen molar-refractivity contribution in [3.8, 4) is 0 Å². The molecule has 1 fully saturated rings. The number of H-pyrrole nitrogens is 1. The van der Waals surface area contributed by atoms with Gasteiger partial charge in [0, 0.05) is 50.4 Å². The first kappa shape index (κ1) is 28.9. The van der Waals surface area contributed by atoms with Crippen molar-refractivity contribution in [2.24, 2.45) is 5.92 Å². The Morgan fingerprint density at radius 2 is 1.80 bits per heavy atom. The quantitative estimate of drug-likeness (QED) is 0.244. The average Bonchev–Trinajstić information content (AvgIpc) is 3.33. The number of benzene rings is 3. The summed E-state index contributed by atoms with van der Waals surface area (Å²) < 4.78 is 38.2. The van der Waals surface area contributed by atoms with Crippen molar-refractivity contribution in [1.29, 1.82) is 0 Å². The smallest absolute Gasteiger partial charge is 0.257 e. The summed E-state index contributed by atoms with van der Waals surface area (Å²) in [6.07, 6.45) is 3.10.